The number of aliphatic hydroxyl groups excluding tert-OH is 1. The number of fused-ring (bicyclic) bond motifs is 3. The van der Waals surface area contributed by atoms with E-state index in [0.717, 1.165) is 12.8 Å². The highest BCUT2D eigenvalue weighted by atomic mass is 16.3. The topological polar surface area (TPSA) is 49.3 Å². The molecular formula is C17H23NO2. The quantitative estimate of drug-likeness (QED) is 0.882. The van der Waals surface area contributed by atoms with Crippen LogP contribution in [0.3, 0.4) is 0 Å². The Balaban J connectivity index is 1.68. The monoisotopic (exact) mass is 273 g/mol. The zero-order chi connectivity index (χ0) is 14.3. The summed E-state index contributed by atoms with van der Waals surface area (Å²) in [6, 6.07) is 8.56. The molecule has 0 spiro atoms. The van der Waals surface area contributed by atoms with E-state index in [1.165, 1.54) is 11.1 Å². The molecule has 5 atom stereocenters. The maximum Gasteiger partial charge on any atom is 0.224 e. The molecule has 2 aliphatic carbocycles. The fraction of sp³-hybridized carbons (Fsp3) is 0.588. The Morgan fingerprint density at radius 2 is 2.15 bits per heavy atom. The van der Waals surface area contributed by atoms with Crippen LogP contribution in [-0.2, 0) is 11.2 Å². The highest BCUT2D eigenvalue weighted by Gasteiger charge is 2.57. The van der Waals surface area contributed by atoms with Crippen molar-refractivity contribution >= 4 is 5.91 Å². The number of aryl methyl sites for hydroxylation is 1. The number of aliphatic hydroxyl groups is 1. The molecule has 2 N–H and O–H groups in total. The maximum absolute atomic E-state index is 12.4. The van der Waals surface area contributed by atoms with E-state index in [1.807, 2.05) is 13.8 Å². The lowest BCUT2D eigenvalue weighted by Crippen LogP contribution is -2.39. The molecule has 5 unspecified atom stereocenters. The summed E-state index contributed by atoms with van der Waals surface area (Å²) in [4.78, 5) is 12.4. The summed E-state index contributed by atoms with van der Waals surface area (Å²) in [5.41, 5.74) is 2.80. The second kappa shape index (κ2) is 5.21. The Bertz CT molecular complexity index is 513. The van der Waals surface area contributed by atoms with Crippen LogP contribution in [0.2, 0.25) is 0 Å². The first-order chi connectivity index (χ1) is 9.63. The summed E-state index contributed by atoms with van der Waals surface area (Å²) < 4.78 is 0. The van der Waals surface area contributed by atoms with Gasteiger partial charge in [0.1, 0.15) is 0 Å². The second-order valence-electron chi connectivity index (χ2n) is 6.41. The van der Waals surface area contributed by atoms with Gasteiger partial charge in [-0.1, -0.05) is 31.2 Å². The average molecular weight is 273 g/mol. The van der Waals surface area contributed by atoms with Gasteiger partial charge in [0, 0.05) is 18.6 Å². The molecule has 0 bridgehead atoms. The van der Waals surface area contributed by atoms with Crippen LogP contribution in [0.1, 0.15) is 37.3 Å². The van der Waals surface area contributed by atoms with Crippen LogP contribution in [0.25, 0.3) is 0 Å². The molecule has 0 aromatic heterocycles. The van der Waals surface area contributed by atoms with E-state index in [-0.39, 0.29) is 30.4 Å². The van der Waals surface area contributed by atoms with E-state index >= 15 is 0 Å². The van der Waals surface area contributed by atoms with Crippen molar-refractivity contribution in [3.05, 3.63) is 35.4 Å². The molecule has 108 valence electrons. The van der Waals surface area contributed by atoms with Gasteiger partial charge >= 0.3 is 0 Å². The van der Waals surface area contributed by atoms with E-state index in [4.69, 9.17) is 5.11 Å². The minimum absolute atomic E-state index is 0.0328. The van der Waals surface area contributed by atoms with Crippen molar-refractivity contribution in [2.45, 2.75) is 38.6 Å². The SMILES string of the molecule is CC(CO)C(C)NC(=O)C1C2CCc3ccccc3C21. The van der Waals surface area contributed by atoms with Gasteiger partial charge in [0.2, 0.25) is 5.91 Å². The average Bonchev–Trinajstić information content (AvgIpc) is 3.21. The van der Waals surface area contributed by atoms with Crippen LogP contribution in [-0.4, -0.2) is 23.7 Å². The summed E-state index contributed by atoms with van der Waals surface area (Å²) in [5, 5.41) is 12.2. The van der Waals surface area contributed by atoms with Gasteiger partial charge in [-0.25, -0.2) is 0 Å². The number of hydrogen-bond donors (Lipinski definition) is 2. The normalized spacial score (nSPS) is 29.9. The van der Waals surface area contributed by atoms with Gasteiger partial charge in [0.25, 0.3) is 0 Å². The van der Waals surface area contributed by atoms with Crippen molar-refractivity contribution in [3.8, 4) is 0 Å². The fourth-order valence-corrected chi connectivity index (χ4v) is 3.54. The number of amides is 1. The van der Waals surface area contributed by atoms with Crippen molar-refractivity contribution < 1.29 is 9.90 Å². The van der Waals surface area contributed by atoms with Crippen molar-refractivity contribution in [1.29, 1.82) is 0 Å². The molecule has 1 amide bonds. The largest absolute Gasteiger partial charge is 0.396 e. The third kappa shape index (κ3) is 2.24. The van der Waals surface area contributed by atoms with Crippen molar-refractivity contribution in [3.63, 3.8) is 0 Å². The lowest BCUT2D eigenvalue weighted by atomic mass is 9.92. The molecular weight excluding hydrogens is 250 g/mol. The third-order valence-electron chi connectivity index (χ3n) is 5.14. The van der Waals surface area contributed by atoms with E-state index in [0.29, 0.717) is 11.8 Å². The van der Waals surface area contributed by atoms with Gasteiger partial charge in [-0.15, -0.1) is 0 Å². The van der Waals surface area contributed by atoms with E-state index < -0.39 is 0 Å². The predicted octanol–water partition coefficient (Wildman–Crippen LogP) is 2.10. The first-order valence-electron chi connectivity index (χ1n) is 7.62. The minimum atomic E-state index is 0.0328. The molecule has 2 aliphatic rings. The summed E-state index contributed by atoms with van der Waals surface area (Å²) in [6.07, 6.45) is 2.23. The molecule has 3 heteroatoms. The molecule has 0 aliphatic heterocycles. The van der Waals surface area contributed by atoms with Gasteiger partial charge in [0.05, 0.1) is 0 Å². The van der Waals surface area contributed by atoms with Gasteiger partial charge in [0.15, 0.2) is 0 Å². The number of rotatable bonds is 4. The van der Waals surface area contributed by atoms with E-state index in [1.54, 1.807) is 0 Å². The molecule has 1 aromatic rings. The molecule has 0 saturated heterocycles. The second-order valence-corrected chi connectivity index (χ2v) is 6.41. The number of carbonyl (C=O) groups excluding carboxylic acids is 1. The van der Waals surface area contributed by atoms with E-state index in [2.05, 4.69) is 29.6 Å². The third-order valence-corrected chi connectivity index (χ3v) is 5.14. The lowest BCUT2D eigenvalue weighted by molar-refractivity contribution is -0.123. The Hall–Kier alpha value is -1.35. The standard InChI is InChI=1S/C17H23NO2/c1-10(9-19)11(2)18-17(20)16-14-8-7-12-5-3-4-6-13(12)15(14)16/h3-6,10-11,14-16,19H,7-9H2,1-2H3,(H,18,20). The molecule has 0 heterocycles. The molecule has 20 heavy (non-hydrogen) atoms. The molecule has 1 fully saturated rings. The predicted molar refractivity (Wildman–Crippen MR) is 78.3 cm³/mol. The Morgan fingerprint density at radius 3 is 2.90 bits per heavy atom. The number of benzene rings is 1. The molecule has 1 saturated carbocycles. The Kier molecular flexibility index (Phi) is 3.55. The molecule has 1 aromatic carbocycles. The Labute approximate surface area is 120 Å². The van der Waals surface area contributed by atoms with Crippen LogP contribution in [0.15, 0.2) is 24.3 Å². The molecule has 3 nitrogen and oxygen atoms in total. The first-order valence-corrected chi connectivity index (χ1v) is 7.62. The van der Waals surface area contributed by atoms with Gasteiger partial charge < -0.3 is 10.4 Å². The van der Waals surface area contributed by atoms with Crippen molar-refractivity contribution in [2.24, 2.45) is 17.8 Å². The summed E-state index contributed by atoms with van der Waals surface area (Å²) >= 11 is 0. The van der Waals surface area contributed by atoms with Crippen molar-refractivity contribution in [1.82, 2.24) is 5.32 Å². The smallest absolute Gasteiger partial charge is 0.224 e. The van der Waals surface area contributed by atoms with Crippen LogP contribution in [0, 0.1) is 17.8 Å². The number of hydrogen-bond acceptors (Lipinski definition) is 2. The van der Waals surface area contributed by atoms with E-state index in [9.17, 15) is 4.79 Å². The van der Waals surface area contributed by atoms with Gasteiger partial charge in [-0.2, -0.15) is 0 Å². The number of carbonyl (C=O) groups is 1. The summed E-state index contributed by atoms with van der Waals surface area (Å²) in [6.45, 7) is 4.04. The fourth-order valence-electron chi connectivity index (χ4n) is 3.54. The first kappa shape index (κ1) is 13.6. The minimum Gasteiger partial charge on any atom is -0.396 e. The summed E-state index contributed by atoms with van der Waals surface area (Å²) in [7, 11) is 0. The summed E-state index contributed by atoms with van der Waals surface area (Å²) in [5.74, 6) is 1.38. The highest BCUT2D eigenvalue weighted by Crippen LogP contribution is 2.59. The molecule has 3 rings (SSSR count). The maximum atomic E-state index is 12.4. The van der Waals surface area contributed by atoms with Crippen LogP contribution >= 0.6 is 0 Å². The van der Waals surface area contributed by atoms with Crippen molar-refractivity contribution in [2.75, 3.05) is 6.61 Å². The zero-order valence-electron chi connectivity index (χ0n) is 12.2. The zero-order valence-corrected chi connectivity index (χ0v) is 12.2. The number of nitrogens with one attached hydrogen (secondary N) is 1. The van der Waals surface area contributed by atoms with Gasteiger partial charge in [-0.3, -0.25) is 4.79 Å². The van der Waals surface area contributed by atoms with Crippen LogP contribution < -0.4 is 5.32 Å². The highest BCUT2D eigenvalue weighted by molar-refractivity contribution is 5.84. The lowest BCUT2D eigenvalue weighted by Gasteiger charge is -2.19. The van der Waals surface area contributed by atoms with Gasteiger partial charge in [-0.05, 0) is 48.6 Å². The van der Waals surface area contributed by atoms with Crippen LogP contribution in [0.5, 0.6) is 0 Å². The van der Waals surface area contributed by atoms with Crippen LogP contribution in [0.4, 0.5) is 0 Å². The Morgan fingerprint density at radius 1 is 1.40 bits per heavy atom. The molecule has 0 radical (unpaired) electrons.